The number of rotatable bonds is 7. The van der Waals surface area contributed by atoms with Crippen molar-refractivity contribution < 1.29 is 4.79 Å². The lowest BCUT2D eigenvalue weighted by Crippen LogP contribution is -2.27. The number of anilines is 1. The third-order valence-corrected chi connectivity index (χ3v) is 6.55. The fourth-order valence-corrected chi connectivity index (χ4v) is 4.34. The van der Waals surface area contributed by atoms with Gasteiger partial charge in [0.2, 0.25) is 5.91 Å². The number of halogens is 1. The highest BCUT2D eigenvalue weighted by Gasteiger charge is 2.22. The summed E-state index contributed by atoms with van der Waals surface area (Å²) in [5.74, 6) is 0.267. The molecular weight excluding hydrogens is 434 g/mol. The van der Waals surface area contributed by atoms with Crippen LogP contribution in [0.1, 0.15) is 38.6 Å². The molecule has 0 radical (unpaired) electrons. The second kappa shape index (κ2) is 9.44. The van der Waals surface area contributed by atoms with Crippen molar-refractivity contribution in [2.45, 2.75) is 58.0 Å². The molecule has 0 aliphatic carbocycles. The van der Waals surface area contributed by atoms with Gasteiger partial charge in [-0.3, -0.25) is 18.8 Å². The predicted molar refractivity (Wildman–Crippen MR) is 127 cm³/mol. The maximum Gasteiger partial charge on any atom is 0.262 e. The van der Waals surface area contributed by atoms with Crippen LogP contribution in [0.3, 0.4) is 0 Å². The summed E-state index contributed by atoms with van der Waals surface area (Å²) >= 11 is 7.39. The highest BCUT2D eigenvalue weighted by Crippen LogP contribution is 2.26. The third-order valence-electron chi connectivity index (χ3n) is 5.22. The van der Waals surface area contributed by atoms with Gasteiger partial charge < -0.3 is 5.32 Å². The zero-order valence-electron chi connectivity index (χ0n) is 18.7. The van der Waals surface area contributed by atoms with E-state index in [0.717, 1.165) is 23.5 Å². The van der Waals surface area contributed by atoms with Gasteiger partial charge in [0.25, 0.3) is 5.56 Å². The van der Waals surface area contributed by atoms with E-state index >= 15 is 0 Å². The molecule has 166 valence electrons. The summed E-state index contributed by atoms with van der Waals surface area (Å²) < 4.78 is 3.41. The first-order valence-electron chi connectivity index (χ1n) is 10.3. The van der Waals surface area contributed by atoms with E-state index in [1.165, 1.54) is 11.8 Å². The Bertz CT molecular complexity index is 1180. The van der Waals surface area contributed by atoms with Gasteiger partial charge in [-0.2, -0.15) is 5.10 Å². The van der Waals surface area contributed by atoms with Gasteiger partial charge in [-0.05, 0) is 51.3 Å². The van der Waals surface area contributed by atoms with Crippen molar-refractivity contribution in [2.75, 3.05) is 5.32 Å². The zero-order chi connectivity index (χ0) is 22.9. The number of nitrogens with zero attached hydrogens (tertiary/aromatic N) is 4. The molecule has 9 heteroatoms. The van der Waals surface area contributed by atoms with Crippen molar-refractivity contribution in [1.29, 1.82) is 0 Å². The molecule has 0 saturated carbocycles. The Hall–Kier alpha value is -2.32. The van der Waals surface area contributed by atoms with E-state index in [2.05, 4.69) is 29.2 Å². The Labute approximate surface area is 191 Å². The fourth-order valence-electron chi connectivity index (χ4n) is 3.24. The summed E-state index contributed by atoms with van der Waals surface area (Å²) in [4.78, 5) is 30.8. The highest BCUT2D eigenvalue weighted by atomic mass is 35.5. The van der Waals surface area contributed by atoms with Gasteiger partial charge in [0, 0.05) is 18.6 Å². The van der Waals surface area contributed by atoms with Crippen molar-refractivity contribution >= 4 is 45.9 Å². The number of benzene rings is 1. The molecule has 0 fully saturated rings. The topological polar surface area (TPSA) is 81.8 Å². The number of fused-ring (bicyclic) bond motifs is 1. The zero-order valence-corrected chi connectivity index (χ0v) is 20.3. The monoisotopic (exact) mass is 461 g/mol. The average Bonchev–Trinajstić information content (AvgIpc) is 2.93. The standard InChI is InChI=1S/C22H28ClN5O2S/c1-12(2)9-10-28-21(30)17-8-7-16(23)11-18(17)24-22(28)31-15(5)20(29)25-19-13(3)26-27(6)14(19)4/h7-8,11-12,15H,9-10H2,1-6H3,(H,25,29). The molecule has 3 aromatic rings. The van der Waals surface area contributed by atoms with E-state index in [1.807, 2.05) is 27.8 Å². The van der Waals surface area contributed by atoms with Gasteiger partial charge in [0.1, 0.15) is 0 Å². The number of carbonyl (C=O) groups excluding carboxylic acids is 1. The molecule has 1 N–H and O–H groups in total. The second-order valence-electron chi connectivity index (χ2n) is 8.11. The molecule has 7 nitrogen and oxygen atoms in total. The first kappa shape index (κ1) is 23.3. The molecule has 2 aromatic heterocycles. The van der Waals surface area contributed by atoms with Crippen molar-refractivity contribution in [3.05, 3.63) is 45.0 Å². The van der Waals surface area contributed by atoms with Crippen molar-refractivity contribution in [2.24, 2.45) is 13.0 Å². The van der Waals surface area contributed by atoms with E-state index in [0.29, 0.717) is 33.5 Å². The van der Waals surface area contributed by atoms with Crippen LogP contribution in [0.25, 0.3) is 10.9 Å². The number of hydrogen-bond donors (Lipinski definition) is 1. The Morgan fingerprint density at radius 3 is 2.58 bits per heavy atom. The molecule has 0 spiro atoms. The summed E-state index contributed by atoms with van der Waals surface area (Å²) in [6.45, 7) is 10.3. The van der Waals surface area contributed by atoms with Crippen molar-refractivity contribution in [1.82, 2.24) is 19.3 Å². The Morgan fingerprint density at radius 1 is 1.26 bits per heavy atom. The molecule has 2 heterocycles. The third kappa shape index (κ3) is 5.13. The predicted octanol–water partition coefficient (Wildman–Crippen LogP) is 4.57. The molecule has 0 saturated heterocycles. The van der Waals surface area contributed by atoms with Gasteiger partial charge in [-0.1, -0.05) is 37.2 Å². The summed E-state index contributed by atoms with van der Waals surface area (Å²) in [7, 11) is 1.84. The summed E-state index contributed by atoms with van der Waals surface area (Å²) in [6.07, 6.45) is 0.836. The number of thioether (sulfide) groups is 1. The number of aromatic nitrogens is 4. The minimum atomic E-state index is -0.465. The number of amides is 1. The Morgan fingerprint density at radius 2 is 1.97 bits per heavy atom. The van der Waals surface area contributed by atoms with Crippen LogP contribution in [0, 0.1) is 19.8 Å². The molecule has 0 aliphatic heterocycles. The molecule has 3 rings (SSSR count). The second-order valence-corrected chi connectivity index (χ2v) is 9.86. The van der Waals surface area contributed by atoms with Crippen LogP contribution >= 0.6 is 23.4 Å². The van der Waals surface area contributed by atoms with Crippen LogP contribution in [-0.4, -0.2) is 30.5 Å². The molecule has 0 aliphatic rings. The lowest BCUT2D eigenvalue weighted by atomic mass is 10.1. The number of nitrogens with one attached hydrogen (secondary N) is 1. The molecule has 1 unspecified atom stereocenters. The summed E-state index contributed by atoms with van der Waals surface area (Å²) in [5, 5.41) is 8.40. The first-order chi connectivity index (χ1) is 14.6. The minimum absolute atomic E-state index is 0.114. The lowest BCUT2D eigenvalue weighted by molar-refractivity contribution is -0.115. The number of hydrogen-bond acceptors (Lipinski definition) is 5. The van der Waals surface area contributed by atoms with Gasteiger partial charge in [0.05, 0.1) is 33.2 Å². The Balaban J connectivity index is 1.93. The van der Waals surface area contributed by atoms with Crippen LogP contribution in [0.4, 0.5) is 5.69 Å². The van der Waals surface area contributed by atoms with E-state index < -0.39 is 5.25 Å². The van der Waals surface area contributed by atoms with Crippen molar-refractivity contribution in [3.8, 4) is 0 Å². The van der Waals surface area contributed by atoms with E-state index in [-0.39, 0.29) is 11.5 Å². The van der Waals surface area contributed by atoms with E-state index in [1.54, 1.807) is 27.4 Å². The molecular formula is C22H28ClN5O2S. The van der Waals surface area contributed by atoms with Crippen LogP contribution in [0.2, 0.25) is 5.02 Å². The smallest absolute Gasteiger partial charge is 0.262 e. The highest BCUT2D eigenvalue weighted by molar-refractivity contribution is 8.00. The normalized spacial score (nSPS) is 12.5. The average molecular weight is 462 g/mol. The van der Waals surface area contributed by atoms with Crippen LogP contribution < -0.4 is 10.9 Å². The minimum Gasteiger partial charge on any atom is -0.322 e. The maximum atomic E-state index is 13.2. The quantitative estimate of drug-likeness (QED) is 0.411. The summed E-state index contributed by atoms with van der Waals surface area (Å²) in [6, 6.07) is 5.08. The summed E-state index contributed by atoms with van der Waals surface area (Å²) in [5.41, 5.74) is 2.78. The maximum absolute atomic E-state index is 13.2. The van der Waals surface area contributed by atoms with Crippen molar-refractivity contribution in [3.63, 3.8) is 0 Å². The number of aryl methyl sites for hydroxylation is 2. The van der Waals surface area contributed by atoms with Crippen LogP contribution in [0.15, 0.2) is 28.2 Å². The van der Waals surface area contributed by atoms with Gasteiger partial charge in [-0.15, -0.1) is 0 Å². The number of carbonyl (C=O) groups is 1. The lowest BCUT2D eigenvalue weighted by Gasteiger charge is -2.17. The Kier molecular flexibility index (Phi) is 7.11. The van der Waals surface area contributed by atoms with E-state index in [9.17, 15) is 9.59 Å². The molecule has 1 amide bonds. The largest absolute Gasteiger partial charge is 0.322 e. The van der Waals surface area contributed by atoms with Crippen LogP contribution in [0.5, 0.6) is 0 Å². The van der Waals surface area contributed by atoms with Gasteiger partial charge in [-0.25, -0.2) is 4.98 Å². The molecule has 0 bridgehead atoms. The van der Waals surface area contributed by atoms with Gasteiger partial charge in [0.15, 0.2) is 5.16 Å². The SMILES string of the molecule is Cc1nn(C)c(C)c1NC(=O)C(C)Sc1nc2cc(Cl)ccc2c(=O)n1CCC(C)C. The molecule has 31 heavy (non-hydrogen) atoms. The molecule has 1 atom stereocenters. The fraction of sp³-hybridized carbons (Fsp3) is 0.455. The first-order valence-corrected chi connectivity index (χ1v) is 11.5. The van der Waals surface area contributed by atoms with Gasteiger partial charge >= 0.3 is 0 Å². The van der Waals surface area contributed by atoms with Crippen LogP contribution in [-0.2, 0) is 18.4 Å². The molecule has 1 aromatic carbocycles. The van der Waals surface area contributed by atoms with E-state index in [4.69, 9.17) is 11.6 Å².